The van der Waals surface area contributed by atoms with E-state index in [1.807, 2.05) is 35.2 Å². The van der Waals surface area contributed by atoms with Crippen LogP contribution in [0.2, 0.25) is 0 Å². The van der Waals surface area contributed by atoms with Crippen molar-refractivity contribution in [3.05, 3.63) is 35.9 Å². The van der Waals surface area contributed by atoms with Gasteiger partial charge in [0.25, 0.3) is 0 Å². The molecule has 1 amide bonds. The molecule has 0 bridgehead atoms. The van der Waals surface area contributed by atoms with Crippen LogP contribution < -0.4 is 5.73 Å². The Bertz CT molecular complexity index is 534. The molecule has 3 nitrogen and oxygen atoms in total. The van der Waals surface area contributed by atoms with Crippen LogP contribution in [0.4, 0.5) is 5.69 Å². The minimum atomic E-state index is 0.130. The van der Waals surface area contributed by atoms with Crippen LogP contribution in [0.1, 0.15) is 44.1 Å². The van der Waals surface area contributed by atoms with E-state index in [0.717, 1.165) is 24.3 Å². The number of anilines is 1. The van der Waals surface area contributed by atoms with E-state index in [1.54, 1.807) is 6.08 Å². The second-order valence-electron chi connectivity index (χ2n) is 6.54. The highest BCUT2D eigenvalue weighted by Gasteiger charge is 2.37. The zero-order valence-electron chi connectivity index (χ0n) is 12.6. The molecule has 1 heterocycles. The van der Waals surface area contributed by atoms with Crippen LogP contribution in [0.25, 0.3) is 6.08 Å². The molecule has 1 aromatic rings. The van der Waals surface area contributed by atoms with Gasteiger partial charge in [-0.25, -0.2) is 0 Å². The van der Waals surface area contributed by atoms with E-state index in [9.17, 15) is 4.79 Å². The Hall–Kier alpha value is -1.77. The van der Waals surface area contributed by atoms with Crippen LogP contribution >= 0.6 is 0 Å². The molecule has 2 fully saturated rings. The first-order chi connectivity index (χ1) is 10.2. The highest BCUT2D eigenvalue weighted by molar-refractivity contribution is 5.92. The molecule has 1 aliphatic heterocycles. The number of piperidine rings is 1. The summed E-state index contributed by atoms with van der Waals surface area (Å²) in [5.41, 5.74) is 8.02. The van der Waals surface area contributed by atoms with Crippen LogP contribution in [0.15, 0.2) is 30.3 Å². The quantitative estimate of drug-likeness (QED) is 0.667. The van der Waals surface area contributed by atoms with Gasteiger partial charge in [-0.15, -0.1) is 0 Å². The van der Waals surface area contributed by atoms with Crippen molar-refractivity contribution < 1.29 is 4.79 Å². The first-order valence-electron chi connectivity index (χ1n) is 8.00. The molecule has 1 spiro atoms. The molecule has 3 rings (SSSR count). The topological polar surface area (TPSA) is 46.3 Å². The first-order valence-corrected chi connectivity index (χ1v) is 8.00. The van der Waals surface area contributed by atoms with Gasteiger partial charge in [-0.3, -0.25) is 4.79 Å². The number of carbonyl (C=O) groups excluding carboxylic acids is 1. The monoisotopic (exact) mass is 284 g/mol. The number of nitrogens with two attached hydrogens (primary N) is 1. The Morgan fingerprint density at radius 3 is 2.52 bits per heavy atom. The van der Waals surface area contributed by atoms with Crippen LogP contribution in [0.3, 0.4) is 0 Å². The molecule has 0 radical (unpaired) electrons. The summed E-state index contributed by atoms with van der Waals surface area (Å²) in [4.78, 5) is 14.3. The second-order valence-corrected chi connectivity index (χ2v) is 6.54. The lowest BCUT2D eigenvalue weighted by molar-refractivity contribution is -0.128. The maximum atomic E-state index is 12.3. The van der Waals surface area contributed by atoms with Crippen LogP contribution in [0, 0.1) is 5.41 Å². The molecular weight excluding hydrogens is 260 g/mol. The van der Waals surface area contributed by atoms with Crippen molar-refractivity contribution in [2.75, 3.05) is 18.8 Å². The van der Waals surface area contributed by atoms with Crippen molar-refractivity contribution in [1.29, 1.82) is 0 Å². The molecule has 0 unspecified atom stereocenters. The lowest BCUT2D eigenvalue weighted by Crippen LogP contribution is -2.41. The van der Waals surface area contributed by atoms with E-state index in [0.29, 0.717) is 5.41 Å². The second kappa shape index (κ2) is 5.92. The number of amides is 1. The largest absolute Gasteiger partial charge is 0.399 e. The molecule has 1 aliphatic carbocycles. The lowest BCUT2D eigenvalue weighted by Gasteiger charge is -2.39. The molecule has 2 N–H and O–H groups in total. The zero-order valence-corrected chi connectivity index (χ0v) is 12.6. The third-order valence-corrected chi connectivity index (χ3v) is 5.13. The zero-order chi connectivity index (χ0) is 14.7. The summed E-state index contributed by atoms with van der Waals surface area (Å²) >= 11 is 0. The maximum Gasteiger partial charge on any atom is 0.246 e. The normalized spacial score (nSPS) is 21.2. The SMILES string of the molecule is Nc1cccc(/C=C/C(=O)N2CCC3(CCCC3)CC2)c1. The van der Waals surface area contributed by atoms with E-state index in [-0.39, 0.29) is 5.91 Å². The van der Waals surface area contributed by atoms with Gasteiger partial charge in [-0.1, -0.05) is 25.0 Å². The average molecular weight is 284 g/mol. The van der Waals surface area contributed by atoms with Crippen molar-refractivity contribution in [3.8, 4) is 0 Å². The van der Waals surface area contributed by atoms with Gasteiger partial charge in [-0.2, -0.15) is 0 Å². The highest BCUT2D eigenvalue weighted by atomic mass is 16.2. The molecule has 1 aromatic carbocycles. The summed E-state index contributed by atoms with van der Waals surface area (Å²) in [5, 5.41) is 0. The van der Waals surface area contributed by atoms with Gasteiger partial charge in [0.2, 0.25) is 5.91 Å². The summed E-state index contributed by atoms with van der Waals surface area (Å²) in [6, 6.07) is 7.60. The van der Waals surface area contributed by atoms with Gasteiger partial charge in [0.05, 0.1) is 0 Å². The highest BCUT2D eigenvalue weighted by Crippen LogP contribution is 2.46. The predicted molar refractivity (Wildman–Crippen MR) is 86.6 cm³/mol. The number of nitrogen functional groups attached to an aromatic ring is 1. The fraction of sp³-hybridized carbons (Fsp3) is 0.500. The number of hydrogen-bond donors (Lipinski definition) is 1. The van der Waals surface area contributed by atoms with Crippen molar-refractivity contribution >= 4 is 17.7 Å². The summed E-state index contributed by atoms with van der Waals surface area (Å²) in [7, 11) is 0. The average Bonchev–Trinajstić information content (AvgIpc) is 2.94. The van der Waals surface area contributed by atoms with Gasteiger partial charge in [-0.05, 0) is 54.9 Å². The fourth-order valence-corrected chi connectivity index (χ4v) is 3.76. The van der Waals surface area contributed by atoms with Crippen LogP contribution in [0.5, 0.6) is 0 Å². The van der Waals surface area contributed by atoms with Crippen LogP contribution in [-0.4, -0.2) is 23.9 Å². The molecule has 0 aromatic heterocycles. The van der Waals surface area contributed by atoms with E-state index >= 15 is 0 Å². The number of rotatable bonds is 2. The maximum absolute atomic E-state index is 12.3. The Labute approximate surface area is 126 Å². The van der Waals surface area contributed by atoms with Gasteiger partial charge in [0.15, 0.2) is 0 Å². The standard InChI is InChI=1S/C18H24N2O/c19-16-5-3-4-15(14-16)6-7-17(21)20-12-10-18(11-13-20)8-1-2-9-18/h3-7,14H,1-2,8-13,19H2/b7-6+. The molecule has 0 atom stereocenters. The van der Waals surface area contributed by atoms with Crippen LogP contribution in [-0.2, 0) is 4.79 Å². The summed E-state index contributed by atoms with van der Waals surface area (Å²) in [6.45, 7) is 1.83. The molecule has 1 saturated heterocycles. The van der Waals surface area contributed by atoms with E-state index in [1.165, 1.54) is 38.5 Å². The fourth-order valence-electron chi connectivity index (χ4n) is 3.76. The van der Waals surface area contributed by atoms with Gasteiger partial charge in [0, 0.05) is 24.9 Å². The number of carbonyl (C=O) groups is 1. The van der Waals surface area contributed by atoms with Crippen molar-refractivity contribution in [3.63, 3.8) is 0 Å². The van der Waals surface area contributed by atoms with E-state index in [2.05, 4.69) is 0 Å². The van der Waals surface area contributed by atoms with Crippen molar-refractivity contribution in [2.24, 2.45) is 5.41 Å². The van der Waals surface area contributed by atoms with Crippen molar-refractivity contribution in [2.45, 2.75) is 38.5 Å². The summed E-state index contributed by atoms with van der Waals surface area (Å²) in [6.07, 6.45) is 11.4. The van der Waals surface area contributed by atoms with Crippen molar-refractivity contribution in [1.82, 2.24) is 4.90 Å². The molecule has 3 heteroatoms. The molecular formula is C18H24N2O. The lowest BCUT2D eigenvalue weighted by atomic mass is 9.77. The minimum Gasteiger partial charge on any atom is -0.399 e. The number of likely N-dealkylation sites (tertiary alicyclic amines) is 1. The van der Waals surface area contributed by atoms with Gasteiger partial charge >= 0.3 is 0 Å². The Morgan fingerprint density at radius 2 is 1.86 bits per heavy atom. The predicted octanol–water partition coefficient (Wildman–Crippen LogP) is 3.46. The molecule has 21 heavy (non-hydrogen) atoms. The Balaban J connectivity index is 1.57. The van der Waals surface area contributed by atoms with Gasteiger partial charge in [0.1, 0.15) is 0 Å². The molecule has 2 aliphatic rings. The number of hydrogen-bond acceptors (Lipinski definition) is 2. The van der Waals surface area contributed by atoms with E-state index < -0.39 is 0 Å². The Kier molecular flexibility index (Phi) is 4.00. The smallest absolute Gasteiger partial charge is 0.246 e. The first kappa shape index (κ1) is 14.2. The minimum absolute atomic E-state index is 0.130. The summed E-state index contributed by atoms with van der Waals surface area (Å²) < 4.78 is 0. The number of nitrogens with zero attached hydrogens (tertiary/aromatic N) is 1. The summed E-state index contributed by atoms with van der Waals surface area (Å²) in [5.74, 6) is 0.130. The van der Waals surface area contributed by atoms with E-state index in [4.69, 9.17) is 5.73 Å². The third-order valence-electron chi connectivity index (χ3n) is 5.13. The number of benzene rings is 1. The molecule has 1 saturated carbocycles. The Morgan fingerprint density at radius 1 is 1.14 bits per heavy atom. The van der Waals surface area contributed by atoms with Gasteiger partial charge < -0.3 is 10.6 Å². The molecule has 112 valence electrons. The third kappa shape index (κ3) is 3.29.